The third-order valence-corrected chi connectivity index (χ3v) is 4.41. The number of anilines is 2. The van der Waals surface area contributed by atoms with Crippen LogP contribution in [-0.2, 0) is 0 Å². The van der Waals surface area contributed by atoms with Crippen LogP contribution in [0, 0.1) is 0 Å². The Morgan fingerprint density at radius 1 is 1.37 bits per heavy atom. The SMILES string of the molecule is CCN1CCC(N(C)c2nc(N)c(Cl)cc2Cl)CC1. The summed E-state index contributed by atoms with van der Waals surface area (Å²) in [5, 5.41) is 0.961. The lowest BCUT2D eigenvalue weighted by molar-refractivity contribution is 0.220. The van der Waals surface area contributed by atoms with Gasteiger partial charge in [0.2, 0.25) is 0 Å². The smallest absolute Gasteiger partial charge is 0.149 e. The first-order valence-electron chi connectivity index (χ1n) is 6.59. The van der Waals surface area contributed by atoms with E-state index in [9.17, 15) is 0 Å². The van der Waals surface area contributed by atoms with E-state index in [1.807, 2.05) is 7.05 Å². The van der Waals surface area contributed by atoms with Crippen LogP contribution in [0.2, 0.25) is 10.0 Å². The molecular weight excluding hydrogens is 283 g/mol. The molecule has 0 saturated carbocycles. The van der Waals surface area contributed by atoms with Crippen molar-refractivity contribution in [2.75, 3.05) is 37.3 Å². The molecule has 106 valence electrons. The number of aromatic nitrogens is 1. The van der Waals surface area contributed by atoms with Crippen molar-refractivity contribution >= 4 is 34.8 Å². The van der Waals surface area contributed by atoms with Gasteiger partial charge < -0.3 is 15.5 Å². The number of hydrogen-bond donors (Lipinski definition) is 1. The minimum absolute atomic E-state index is 0.332. The molecule has 1 aromatic heterocycles. The topological polar surface area (TPSA) is 45.4 Å². The zero-order valence-electron chi connectivity index (χ0n) is 11.4. The van der Waals surface area contributed by atoms with Crippen molar-refractivity contribution < 1.29 is 0 Å². The number of pyridine rings is 1. The Bertz CT molecular complexity index is 445. The number of halogens is 2. The number of likely N-dealkylation sites (tertiary alicyclic amines) is 1. The Hall–Kier alpha value is -0.710. The summed E-state index contributed by atoms with van der Waals surface area (Å²) in [5.41, 5.74) is 5.76. The normalized spacial score (nSPS) is 17.7. The molecule has 0 bridgehead atoms. The number of nitrogens with zero attached hydrogens (tertiary/aromatic N) is 3. The fraction of sp³-hybridized carbons (Fsp3) is 0.615. The standard InChI is InChI=1S/C13H20Cl2N4/c1-3-19-6-4-9(5-7-19)18(2)13-11(15)8-10(14)12(16)17-13/h8-9H,3-7H2,1-2H3,(H2,16,17). The van der Waals surface area contributed by atoms with Gasteiger partial charge in [0.1, 0.15) is 11.6 Å². The first-order chi connectivity index (χ1) is 9.02. The summed E-state index contributed by atoms with van der Waals surface area (Å²) in [6, 6.07) is 2.12. The van der Waals surface area contributed by atoms with Crippen LogP contribution < -0.4 is 10.6 Å². The Balaban J connectivity index is 2.12. The molecule has 0 spiro atoms. The third kappa shape index (κ3) is 3.25. The summed E-state index contributed by atoms with van der Waals surface area (Å²) in [5.74, 6) is 1.05. The largest absolute Gasteiger partial charge is 0.382 e. The molecular formula is C13H20Cl2N4. The minimum atomic E-state index is 0.332. The fourth-order valence-corrected chi connectivity index (χ4v) is 3.01. The molecule has 0 radical (unpaired) electrons. The van der Waals surface area contributed by atoms with Crippen LogP contribution in [0.5, 0.6) is 0 Å². The van der Waals surface area contributed by atoms with Gasteiger partial charge in [0.25, 0.3) is 0 Å². The van der Waals surface area contributed by atoms with Crippen molar-refractivity contribution in [3.05, 3.63) is 16.1 Å². The summed E-state index contributed by atoms with van der Waals surface area (Å²) in [6.45, 7) is 5.55. The van der Waals surface area contributed by atoms with E-state index in [1.54, 1.807) is 6.07 Å². The van der Waals surface area contributed by atoms with Gasteiger partial charge in [-0.1, -0.05) is 30.1 Å². The minimum Gasteiger partial charge on any atom is -0.382 e. The Morgan fingerprint density at radius 3 is 2.58 bits per heavy atom. The van der Waals surface area contributed by atoms with Gasteiger partial charge in [0.15, 0.2) is 0 Å². The highest BCUT2D eigenvalue weighted by atomic mass is 35.5. The number of hydrogen-bond acceptors (Lipinski definition) is 4. The summed E-state index contributed by atoms with van der Waals surface area (Å²) in [6.07, 6.45) is 2.23. The van der Waals surface area contributed by atoms with E-state index >= 15 is 0 Å². The van der Waals surface area contributed by atoms with E-state index in [0.717, 1.165) is 38.3 Å². The molecule has 19 heavy (non-hydrogen) atoms. The van der Waals surface area contributed by atoms with Gasteiger partial charge in [-0.2, -0.15) is 0 Å². The zero-order chi connectivity index (χ0) is 14.0. The van der Waals surface area contributed by atoms with Crippen molar-refractivity contribution in [1.82, 2.24) is 9.88 Å². The molecule has 1 aliphatic heterocycles. The second-order valence-electron chi connectivity index (χ2n) is 4.94. The molecule has 0 aromatic carbocycles. The first kappa shape index (κ1) is 14.7. The molecule has 2 rings (SSSR count). The van der Waals surface area contributed by atoms with Gasteiger partial charge >= 0.3 is 0 Å². The van der Waals surface area contributed by atoms with Crippen molar-refractivity contribution in [3.8, 4) is 0 Å². The zero-order valence-corrected chi connectivity index (χ0v) is 12.9. The maximum absolute atomic E-state index is 6.22. The lowest BCUT2D eigenvalue weighted by atomic mass is 10.0. The molecule has 1 aliphatic rings. The van der Waals surface area contributed by atoms with Gasteiger partial charge in [-0.3, -0.25) is 0 Å². The van der Waals surface area contributed by atoms with Crippen molar-refractivity contribution in [2.45, 2.75) is 25.8 Å². The van der Waals surface area contributed by atoms with Crippen molar-refractivity contribution in [2.24, 2.45) is 0 Å². The highest BCUT2D eigenvalue weighted by Crippen LogP contribution is 2.31. The number of nitrogens with two attached hydrogens (primary N) is 1. The monoisotopic (exact) mass is 302 g/mol. The average molecular weight is 303 g/mol. The summed E-state index contributed by atoms with van der Waals surface area (Å²) >= 11 is 12.1. The van der Waals surface area contributed by atoms with E-state index < -0.39 is 0 Å². The molecule has 0 aliphatic carbocycles. The van der Waals surface area contributed by atoms with Crippen LogP contribution in [0.4, 0.5) is 11.6 Å². The molecule has 0 atom stereocenters. The van der Waals surface area contributed by atoms with E-state index in [4.69, 9.17) is 28.9 Å². The summed E-state index contributed by atoms with van der Waals surface area (Å²) in [4.78, 5) is 8.89. The Labute approximate surface area is 124 Å². The molecule has 2 N–H and O–H groups in total. The second kappa shape index (κ2) is 6.16. The van der Waals surface area contributed by atoms with Crippen LogP contribution >= 0.6 is 23.2 Å². The van der Waals surface area contributed by atoms with Crippen molar-refractivity contribution in [1.29, 1.82) is 0 Å². The Kier molecular flexibility index (Phi) is 4.76. The van der Waals surface area contributed by atoms with Gasteiger partial charge in [-0.25, -0.2) is 4.98 Å². The highest BCUT2D eigenvalue weighted by molar-refractivity contribution is 6.37. The van der Waals surface area contributed by atoms with Crippen molar-refractivity contribution in [3.63, 3.8) is 0 Å². The molecule has 1 aromatic rings. The van der Waals surface area contributed by atoms with E-state index in [1.165, 1.54) is 0 Å². The van der Waals surface area contributed by atoms with Crippen LogP contribution in [0.1, 0.15) is 19.8 Å². The molecule has 1 saturated heterocycles. The fourth-order valence-electron chi connectivity index (χ4n) is 2.51. The van der Waals surface area contributed by atoms with Crippen LogP contribution in [0.15, 0.2) is 6.07 Å². The van der Waals surface area contributed by atoms with Gasteiger partial charge in [0, 0.05) is 26.2 Å². The predicted molar refractivity (Wildman–Crippen MR) is 82.2 cm³/mol. The summed E-state index contributed by atoms with van der Waals surface area (Å²) in [7, 11) is 2.02. The van der Waals surface area contributed by atoms with E-state index in [2.05, 4.69) is 21.7 Å². The summed E-state index contributed by atoms with van der Waals surface area (Å²) < 4.78 is 0. The molecule has 2 heterocycles. The van der Waals surface area contributed by atoms with Gasteiger partial charge in [-0.05, 0) is 25.5 Å². The third-order valence-electron chi connectivity index (χ3n) is 3.82. The molecule has 1 fully saturated rings. The van der Waals surface area contributed by atoms with Crippen LogP contribution in [0.25, 0.3) is 0 Å². The number of piperidine rings is 1. The van der Waals surface area contributed by atoms with E-state index in [0.29, 0.717) is 21.9 Å². The maximum atomic E-state index is 6.22. The lowest BCUT2D eigenvalue weighted by Gasteiger charge is -2.37. The quantitative estimate of drug-likeness (QED) is 0.932. The molecule has 0 unspecified atom stereocenters. The first-order valence-corrected chi connectivity index (χ1v) is 7.35. The van der Waals surface area contributed by atoms with E-state index in [-0.39, 0.29) is 0 Å². The number of nitrogen functional groups attached to an aromatic ring is 1. The highest BCUT2D eigenvalue weighted by Gasteiger charge is 2.24. The molecule has 0 amide bonds. The van der Waals surface area contributed by atoms with Gasteiger partial charge in [0.05, 0.1) is 10.0 Å². The van der Waals surface area contributed by atoms with Crippen LogP contribution in [0.3, 0.4) is 0 Å². The average Bonchev–Trinajstić information content (AvgIpc) is 2.42. The lowest BCUT2D eigenvalue weighted by Crippen LogP contribution is -2.43. The van der Waals surface area contributed by atoms with Crippen LogP contribution in [-0.4, -0.2) is 42.6 Å². The molecule has 6 heteroatoms. The second-order valence-corrected chi connectivity index (χ2v) is 5.75. The maximum Gasteiger partial charge on any atom is 0.149 e. The Morgan fingerprint density at radius 2 is 2.00 bits per heavy atom. The van der Waals surface area contributed by atoms with Gasteiger partial charge in [-0.15, -0.1) is 0 Å². The number of rotatable bonds is 3. The molecule has 4 nitrogen and oxygen atoms in total. The predicted octanol–water partition coefficient (Wildman–Crippen LogP) is 2.89.